The number of hydrogen-bond donors (Lipinski definition) is 1. The normalized spacial score (nSPS) is 16.9. The van der Waals surface area contributed by atoms with Crippen molar-refractivity contribution >= 4 is 23.2 Å². The fourth-order valence-electron chi connectivity index (χ4n) is 4.20. The highest BCUT2D eigenvalue weighted by Gasteiger charge is 2.14. The summed E-state index contributed by atoms with van der Waals surface area (Å²) in [6.45, 7) is 5.00. The smallest absolute Gasteiger partial charge is 0.226 e. The highest BCUT2D eigenvalue weighted by molar-refractivity contribution is 5.91. The number of nitrogens with one attached hydrogen (secondary N) is 1. The number of carbonyl (C=O) groups excluding carboxylic acids is 2. The maximum absolute atomic E-state index is 12.4. The van der Waals surface area contributed by atoms with E-state index >= 15 is 0 Å². The topological polar surface area (TPSA) is 52.7 Å². The van der Waals surface area contributed by atoms with Crippen LogP contribution in [0.5, 0.6) is 0 Å². The van der Waals surface area contributed by atoms with E-state index in [1.807, 2.05) is 12.1 Å². The summed E-state index contributed by atoms with van der Waals surface area (Å²) in [6.07, 6.45) is 12.2. The number of hydrogen-bond acceptors (Lipinski definition) is 3. The van der Waals surface area contributed by atoms with E-state index in [4.69, 9.17) is 0 Å². The number of benzene rings is 1. The van der Waals surface area contributed by atoms with Crippen LogP contribution in [-0.2, 0) is 9.59 Å². The minimum Gasteiger partial charge on any atom is -0.372 e. The molecule has 0 atom stereocenters. The Hall–Kier alpha value is -2.30. The van der Waals surface area contributed by atoms with Crippen LogP contribution in [0.4, 0.5) is 11.4 Å². The van der Waals surface area contributed by atoms with Gasteiger partial charge in [-0.2, -0.15) is 0 Å². The lowest BCUT2D eigenvalue weighted by Crippen LogP contribution is -2.33. The largest absolute Gasteiger partial charge is 0.372 e. The molecule has 29 heavy (non-hydrogen) atoms. The second-order valence-electron chi connectivity index (χ2n) is 8.26. The minimum atomic E-state index is -0.0427. The van der Waals surface area contributed by atoms with E-state index in [2.05, 4.69) is 28.4 Å². The van der Waals surface area contributed by atoms with Crippen LogP contribution in [0, 0.1) is 0 Å². The van der Waals surface area contributed by atoms with Crippen LogP contribution in [0.15, 0.2) is 35.9 Å². The molecule has 1 N–H and O–H groups in total. The zero-order valence-corrected chi connectivity index (χ0v) is 17.8. The van der Waals surface area contributed by atoms with Crippen molar-refractivity contribution in [1.82, 2.24) is 4.90 Å². The molecule has 2 amide bonds. The number of piperidine rings is 1. The first-order chi connectivity index (χ1) is 14.1. The van der Waals surface area contributed by atoms with Crippen molar-refractivity contribution in [2.24, 2.45) is 0 Å². The molecular formula is C24H35N3O2. The summed E-state index contributed by atoms with van der Waals surface area (Å²) in [6, 6.07) is 8.11. The number of nitrogens with zero attached hydrogens (tertiary/aromatic N) is 2. The zero-order chi connectivity index (χ0) is 20.5. The molecule has 1 fully saturated rings. The van der Waals surface area contributed by atoms with Gasteiger partial charge in [0.2, 0.25) is 11.8 Å². The molecule has 3 rings (SSSR count). The lowest BCUT2D eigenvalue weighted by atomic mass is 9.97. The van der Waals surface area contributed by atoms with E-state index in [1.165, 1.54) is 43.4 Å². The zero-order valence-electron chi connectivity index (χ0n) is 17.8. The van der Waals surface area contributed by atoms with Crippen LogP contribution in [0.3, 0.4) is 0 Å². The molecule has 2 aliphatic rings. The van der Waals surface area contributed by atoms with Crippen molar-refractivity contribution in [3.8, 4) is 0 Å². The van der Waals surface area contributed by atoms with E-state index in [1.54, 1.807) is 11.8 Å². The Morgan fingerprint density at radius 2 is 1.76 bits per heavy atom. The predicted molar refractivity (Wildman–Crippen MR) is 119 cm³/mol. The second kappa shape index (κ2) is 11.0. The molecule has 0 unspecified atom stereocenters. The van der Waals surface area contributed by atoms with E-state index in [-0.39, 0.29) is 11.8 Å². The van der Waals surface area contributed by atoms with Gasteiger partial charge >= 0.3 is 0 Å². The second-order valence-corrected chi connectivity index (χ2v) is 8.26. The van der Waals surface area contributed by atoms with Crippen LogP contribution in [-0.4, -0.2) is 42.9 Å². The molecule has 1 aliphatic carbocycles. The Morgan fingerprint density at radius 3 is 2.41 bits per heavy atom. The maximum Gasteiger partial charge on any atom is 0.226 e. The molecule has 158 valence electrons. The first-order valence-corrected chi connectivity index (χ1v) is 11.2. The quantitative estimate of drug-likeness (QED) is 0.644. The number of anilines is 2. The van der Waals surface area contributed by atoms with E-state index in [0.29, 0.717) is 19.5 Å². The van der Waals surface area contributed by atoms with Gasteiger partial charge in [-0.1, -0.05) is 11.6 Å². The van der Waals surface area contributed by atoms with Crippen LogP contribution in [0.1, 0.15) is 64.7 Å². The summed E-state index contributed by atoms with van der Waals surface area (Å²) in [4.78, 5) is 28.5. The van der Waals surface area contributed by atoms with Crippen LogP contribution >= 0.6 is 0 Å². The van der Waals surface area contributed by atoms with E-state index < -0.39 is 0 Å². The Bertz CT molecular complexity index is 705. The van der Waals surface area contributed by atoms with Crippen molar-refractivity contribution in [2.75, 3.05) is 36.4 Å². The molecule has 5 nitrogen and oxygen atoms in total. The van der Waals surface area contributed by atoms with Crippen LogP contribution in [0.25, 0.3) is 0 Å². The molecule has 0 saturated carbocycles. The average molecular weight is 398 g/mol. The minimum absolute atomic E-state index is 0.0418. The van der Waals surface area contributed by atoms with Crippen molar-refractivity contribution in [3.05, 3.63) is 35.9 Å². The molecule has 5 heteroatoms. The van der Waals surface area contributed by atoms with Gasteiger partial charge < -0.3 is 15.1 Å². The summed E-state index contributed by atoms with van der Waals surface area (Å²) in [5, 5.41) is 2.97. The predicted octanol–water partition coefficient (Wildman–Crippen LogP) is 4.74. The third-order valence-electron chi connectivity index (χ3n) is 6.01. The van der Waals surface area contributed by atoms with Gasteiger partial charge in [0.1, 0.15) is 0 Å². The Labute approximate surface area is 175 Å². The third-order valence-corrected chi connectivity index (χ3v) is 6.01. The van der Waals surface area contributed by atoms with Gasteiger partial charge in [0, 0.05) is 50.9 Å². The highest BCUT2D eigenvalue weighted by Crippen LogP contribution is 2.22. The first kappa shape index (κ1) is 21.4. The molecule has 1 aliphatic heterocycles. The van der Waals surface area contributed by atoms with Gasteiger partial charge in [0.05, 0.1) is 0 Å². The molecule has 0 bridgehead atoms. The molecule has 1 aromatic rings. The van der Waals surface area contributed by atoms with Gasteiger partial charge in [-0.3, -0.25) is 9.59 Å². The monoisotopic (exact) mass is 397 g/mol. The molecule has 0 aromatic heterocycles. The summed E-state index contributed by atoms with van der Waals surface area (Å²) < 4.78 is 0. The SMILES string of the molecule is CC(=O)N(CCC(=O)Nc1ccc(N2CCCCC2)cc1)CCC1=CCCCC1. The number of amides is 2. The Morgan fingerprint density at radius 1 is 1.00 bits per heavy atom. The number of carbonyl (C=O) groups is 2. The lowest BCUT2D eigenvalue weighted by Gasteiger charge is -2.28. The highest BCUT2D eigenvalue weighted by atomic mass is 16.2. The summed E-state index contributed by atoms with van der Waals surface area (Å²) in [5.74, 6) is -0.000974. The first-order valence-electron chi connectivity index (χ1n) is 11.2. The molecule has 1 heterocycles. The molecule has 1 aromatic carbocycles. The summed E-state index contributed by atoms with van der Waals surface area (Å²) >= 11 is 0. The molecule has 0 spiro atoms. The molecule has 1 saturated heterocycles. The standard InChI is InChI=1S/C24H35N3O2/c1-20(28)26(18-14-21-8-4-2-5-9-21)19-15-24(29)25-22-10-12-23(13-11-22)27-16-6-3-7-17-27/h8,10-13H,2-7,9,14-19H2,1H3,(H,25,29). The van der Waals surface area contributed by atoms with Crippen LogP contribution in [0.2, 0.25) is 0 Å². The molecular weight excluding hydrogens is 362 g/mol. The maximum atomic E-state index is 12.4. The van der Waals surface area contributed by atoms with Gasteiger partial charge in [-0.05, 0) is 75.6 Å². The van der Waals surface area contributed by atoms with Crippen molar-refractivity contribution in [3.63, 3.8) is 0 Å². The summed E-state index contributed by atoms with van der Waals surface area (Å²) in [5.41, 5.74) is 3.50. The van der Waals surface area contributed by atoms with Gasteiger partial charge in [-0.25, -0.2) is 0 Å². The fraction of sp³-hybridized carbons (Fsp3) is 0.583. The number of allylic oxidation sites excluding steroid dienone is 1. The molecule has 0 radical (unpaired) electrons. The van der Waals surface area contributed by atoms with Gasteiger partial charge in [0.15, 0.2) is 0 Å². The van der Waals surface area contributed by atoms with Crippen LogP contribution < -0.4 is 10.2 Å². The van der Waals surface area contributed by atoms with Gasteiger partial charge in [-0.15, -0.1) is 0 Å². The summed E-state index contributed by atoms with van der Waals surface area (Å²) in [7, 11) is 0. The lowest BCUT2D eigenvalue weighted by molar-refractivity contribution is -0.129. The van der Waals surface area contributed by atoms with Crippen molar-refractivity contribution < 1.29 is 9.59 Å². The Kier molecular flexibility index (Phi) is 8.14. The van der Waals surface area contributed by atoms with E-state index in [0.717, 1.165) is 38.0 Å². The van der Waals surface area contributed by atoms with E-state index in [9.17, 15) is 9.59 Å². The Balaban J connectivity index is 1.43. The number of rotatable bonds is 8. The van der Waals surface area contributed by atoms with Crippen molar-refractivity contribution in [1.29, 1.82) is 0 Å². The third kappa shape index (κ3) is 6.91. The van der Waals surface area contributed by atoms with Gasteiger partial charge in [0.25, 0.3) is 0 Å². The fourth-order valence-corrected chi connectivity index (χ4v) is 4.20. The average Bonchev–Trinajstić information content (AvgIpc) is 2.75. The van der Waals surface area contributed by atoms with Crippen molar-refractivity contribution in [2.45, 2.75) is 64.7 Å².